The lowest BCUT2D eigenvalue weighted by atomic mass is 10.5. The van der Waals surface area contributed by atoms with E-state index in [2.05, 4.69) is 4.72 Å². The summed E-state index contributed by atoms with van der Waals surface area (Å²) in [6.07, 6.45) is 3.46. The molecule has 0 fully saturated rings. The Kier molecular flexibility index (Phi) is 4.68. The summed E-state index contributed by atoms with van der Waals surface area (Å²) in [5.74, 6) is 0. The van der Waals surface area contributed by atoms with Crippen LogP contribution in [0, 0.1) is 0 Å². The molecule has 0 rings (SSSR count). The van der Waals surface area contributed by atoms with Gasteiger partial charge in [0.2, 0.25) is 10.0 Å². The first-order valence-corrected chi connectivity index (χ1v) is 4.95. The van der Waals surface area contributed by atoms with Crippen LogP contribution in [0.1, 0.15) is 6.92 Å². The van der Waals surface area contributed by atoms with Crippen LogP contribution in [0.25, 0.3) is 0 Å². The largest absolute Gasteiger partial charge is 0.225 e. The van der Waals surface area contributed by atoms with Crippen molar-refractivity contribution >= 4 is 21.6 Å². The van der Waals surface area contributed by atoms with Gasteiger partial charge in [0.05, 0.1) is 0 Å². The Bertz CT molecular complexity index is 198. The van der Waals surface area contributed by atoms with Crippen LogP contribution in [0.3, 0.4) is 0 Å². The molecule has 10 heavy (non-hydrogen) atoms. The van der Waals surface area contributed by atoms with E-state index in [1.54, 1.807) is 12.2 Å². The Morgan fingerprint density at radius 1 is 1.60 bits per heavy atom. The molecule has 60 valence electrons. The topological polar surface area (TPSA) is 46.2 Å². The molecule has 5 heteroatoms. The molecule has 0 atom stereocenters. The van der Waals surface area contributed by atoms with Crippen molar-refractivity contribution in [3.05, 3.63) is 12.2 Å². The standard InChI is InChI=1S/C5H10ClNO2S/c1-2-3-4-7-10(8,9)5-6/h2-3,7H,4-5H2,1H3/b3-2+. The lowest BCUT2D eigenvalue weighted by molar-refractivity contribution is 0.590. The van der Waals surface area contributed by atoms with E-state index in [-0.39, 0.29) is 5.21 Å². The molecule has 0 radical (unpaired) electrons. The van der Waals surface area contributed by atoms with E-state index in [1.807, 2.05) is 6.92 Å². The fraction of sp³-hybridized carbons (Fsp3) is 0.600. The number of sulfonamides is 1. The predicted octanol–water partition coefficient (Wildman–Crippen LogP) is 0.678. The number of alkyl halides is 1. The van der Waals surface area contributed by atoms with Crippen LogP contribution in [-0.2, 0) is 10.0 Å². The minimum Gasteiger partial charge on any atom is -0.211 e. The maximum Gasteiger partial charge on any atom is 0.225 e. The summed E-state index contributed by atoms with van der Waals surface area (Å²) < 4.78 is 23.5. The number of hydrogen-bond donors (Lipinski definition) is 1. The van der Waals surface area contributed by atoms with Crippen molar-refractivity contribution in [2.75, 3.05) is 11.8 Å². The highest BCUT2D eigenvalue weighted by Gasteiger charge is 2.03. The zero-order valence-corrected chi connectivity index (χ0v) is 7.24. The van der Waals surface area contributed by atoms with Crippen LogP contribution < -0.4 is 4.72 Å². The van der Waals surface area contributed by atoms with Crippen molar-refractivity contribution in [3.63, 3.8) is 0 Å². The zero-order valence-electron chi connectivity index (χ0n) is 5.67. The Labute approximate surface area is 66.1 Å². The summed E-state index contributed by atoms with van der Waals surface area (Å²) in [4.78, 5) is 0. The Hall–Kier alpha value is -0.0600. The fourth-order valence-electron chi connectivity index (χ4n) is 0.332. The van der Waals surface area contributed by atoms with Gasteiger partial charge in [0.15, 0.2) is 0 Å². The molecule has 0 saturated heterocycles. The third-order valence-corrected chi connectivity index (χ3v) is 2.56. The van der Waals surface area contributed by atoms with Crippen LogP contribution in [-0.4, -0.2) is 20.2 Å². The molecule has 3 nitrogen and oxygen atoms in total. The smallest absolute Gasteiger partial charge is 0.211 e. The highest BCUT2D eigenvalue weighted by molar-refractivity contribution is 7.90. The molecule has 0 aliphatic carbocycles. The van der Waals surface area contributed by atoms with Crippen LogP contribution in [0.5, 0.6) is 0 Å². The average molecular weight is 184 g/mol. The van der Waals surface area contributed by atoms with E-state index < -0.39 is 10.0 Å². The molecular weight excluding hydrogens is 174 g/mol. The van der Waals surface area contributed by atoms with Crippen LogP contribution in [0.15, 0.2) is 12.2 Å². The van der Waals surface area contributed by atoms with E-state index in [1.165, 1.54) is 0 Å². The quantitative estimate of drug-likeness (QED) is 0.515. The van der Waals surface area contributed by atoms with E-state index in [9.17, 15) is 8.42 Å². The summed E-state index contributed by atoms with van der Waals surface area (Å²) in [6.45, 7) is 2.13. The number of halogens is 1. The van der Waals surface area contributed by atoms with Gasteiger partial charge < -0.3 is 0 Å². The molecule has 0 aromatic carbocycles. The third kappa shape index (κ3) is 4.78. The van der Waals surface area contributed by atoms with Gasteiger partial charge in [-0.1, -0.05) is 12.2 Å². The summed E-state index contributed by atoms with van der Waals surface area (Å²) in [7, 11) is -3.23. The first-order chi connectivity index (χ1) is 4.62. The first-order valence-electron chi connectivity index (χ1n) is 2.77. The SMILES string of the molecule is C/C=C/CNS(=O)(=O)CCl. The predicted molar refractivity (Wildman–Crippen MR) is 42.5 cm³/mol. The summed E-state index contributed by atoms with van der Waals surface area (Å²) in [5.41, 5.74) is 0. The monoisotopic (exact) mass is 183 g/mol. The Morgan fingerprint density at radius 3 is 2.60 bits per heavy atom. The van der Waals surface area contributed by atoms with Gasteiger partial charge in [0, 0.05) is 6.54 Å². The van der Waals surface area contributed by atoms with Gasteiger partial charge in [-0.3, -0.25) is 0 Å². The molecular formula is C5H10ClNO2S. The summed E-state index contributed by atoms with van der Waals surface area (Å²) in [6, 6.07) is 0. The van der Waals surface area contributed by atoms with Crippen molar-refractivity contribution in [3.8, 4) is 0 Å². The Morgan fingerprint density at radius 2 is 2.20 bits per heavy atom. The minimum atomic E-state index is -3.23. The van der Waals surface area contributed by atoms with Crippen molar-refractivity contribution in [2.24, 2.45) is 0 Å². The molecule has 0 saturated carbocycles. The number of nitrogens with one attached hydrogen (secondary N) is 1. The van der Waals surface area contributed by atoms with Gasteiger partial charge in [0.25, 0.3) is 0 Å². The van der Waals surface area contributed by atoms with E-state index in [0.717, 1.165) is 0 Å². The highest BCUT2D eigenvalue weighted by Crippen LogP contribution is 1.86. The lowest BCUT2D eigenvalue weighted by Crippen LogP contribution is -2.24. The molecule has 1 N–H and O–H groups in total. The van der Waals surface area contributed by atoms with Gasteiger partial charge in [-0.2, -0.15) is 0 Å². The second-order valence-corrected chi connectivity index (χ2v) is 4.03. The number of hydrogen-bond acceptors (Lipinski definition) is 2. The van der Waals surface area contributed by atoms with Crippen molar-refractivity contribution in [1.29, 1.82) is 0 Å². The van der Waals surface area contributed by atoms with Crippen LogP contribution >= 0.6 is 11.6 Å². The first kappa shape index (κ1) is 9.94. The molecule has 0 aromatic rings. The zero-order chi connectivity index (χ0) is 8.04. The lowest BCUT2D eigenvalue weighted by Gasteiger charge is -1.97. The van der Waals surface area contributed by atoms with E-state index in [4.69, 9.17) is 11.6 Å². The Balaban J connectivity index is 3.69. The normalized spacial score (nSPS) is 12.6. The van der Waals surface area contributed by atoms with Crippen molar-refractivity contribution in [2.45, 2.75) is 6.92 Å². The second-order valence-electron chi connectivity index (χ2n) is 1.64. The number of rotatable bonds is 4. The average Bonchev–Trinajstić information content (AvgIpc) is 1.89. The van der Waals surface area contributed by atoms with Gasteiger partial charge >= 0.3 is 0 Å². The minimum absolute atomic E-state index is 0.311. The third-order valence-electron chi connectivity index (χ3n) is 0.800. The molecule has 0 heterocycles. The molecule has 0 aromatic heterocycles. The molecule has 0 aliphatic heterocycles. The van der Waals surface area contributed by atoms with Crippen molar-refractivity contribution in [1.82, 2.24) is 4.72 Å². The van der Waals surface area contributed by atoms with E-state index in [0.29, 0.717) is 6.54 Å². The molecule has 0 unspecified atom stereocenters. The van der Waals surface area contributed by atoms with Gasteiger partial charge in [-0.25, -0.2) is 13.1 Å². The van der Waals surface area contributed by atoms with E-state index >= 15 is 0 Å². The van der Waals surface area contributed by atoms with Gasteiger partial charge in [0.1, 0.15) is 5.21 Å². The fourth-order valence-corrected chi connectivity index (χ4v) is 0.990. The highest BCUT2D eigenvalue weighted by atomic mass is 35.5. The van der Waals surface area contributed by atoms with Crippen LogP contribution in [0.2, 0.25) is 0 Å². The van der Waals surface area contributed by atoms with Crippen molar-refractivity contribution < 1.29 is 8.42 Å². The molecule has 0 amide bonds. The van der Waals surface area contributed by atoms with Gasteiger partial charge in [-0.15, -0.1) is 11.6 Å². The molecule has 0 aliphatic rings. The second kappa shape index (κ2) is 4.71. The number of allylic oxidation sites excluding steroid dienone is 1. The maximum absolute atomic E-state index is 10.6. The molecule has 0 spiro atoms. The molecule has 0 bridgehead atoms. The van der Waals surface area contributed by atoms with Crippen LogP contribution in [0.4, 0.5) is 0 Å². The maximum atomic E-state index is 10.6. The van der Waals surface area contributed by atoms with Gasteiger partial charge in [-0.05, 0) is 6.92 Å². The summed E-state index contributed by atoms with van der Waals surface area (Å²) in [5, 5.41) is -0.384. The summed E-state index contributed by atoms with van der Waals surface area (Å²) >= 11 is 5.10.